The highest BCUT2D eigenvalue weighted by Gasteiger charge is 2.67. The van der Waals surface area contributed by atoms with Crippen LogP contribution in [0.1, 0.15) is 114 Å². The van der Waals surface area contributed by atoms with Crippen LogP contribution in [0, 0.1) is 40.4 Å². The van der Waals surface area contributed by atoms with Gasteiger partial charge in [-0.3, -0.25) is 4.55 Å². The van der Waals surface area contributed by atoms with E-state index in [0.29, 0.717) is 31.6 Å². The molecule has 0 unspecified atom stereocenters. The predicted molar refractivity (Wildman–Crippen MR) is 283 cm³/mol. The third kappa shape index (κ3) is 12.4. The van der Waals surface area contributed by atoms with Crippen molar-refractivity contribution < 1.29 is 131 Å². The Morgan fingerprint density at radius 2 is 1.12 bits per heavy atom. The summed E-state index contributed by atoms with van der Waals surface area (Å²) in [5.41, 5.74) is -0.853. The molecule has 27 nitrogen and oxygen atoms in total. The van der Waals surface area contributed by atoms with Gasteiger partial charge in [-0.25, -0.2) is 4.18 Å². The van der Waals surface area contributed by atoms with Gasteiger partial charge in [0.05, 0.1) is 54.9 Å². The van der Waals surface area contributed by atoms with Crippen LogP contribution in [0.4, 0.5) is 0 Å². The Balaban J connectivity index is 0.907. The molecule has 10 rings (SSSR count). The lowest BCUT2D eigenvalue weighted by atomic mass is 9.47. The lowest BCUT2D eigenvalue weighted by Crippen LogP contribution is -2.66. The fraction of sp³-hybridized carbons (Fsp3) is 0.964. The zero-order valence-electron chi connectivity index (χ0n) is 48.9. The van der Waals surface area contributed by atoms with Crippen LogP contribution in [-0.2, 0) is 66.7 Å². The Bertz CT molecular complexity index is 2410. The Morgan fingerprint density at radius 1 is 0.595 bits per heavy atom. The molecule has 6 saturated heterocycles. The van der Waals surface area contributed by atoms with E-state index >= 15 is 0 Å². The summed E-state index contributed by atoms with van der Waals surface area (Å²) in [6.07, 6.45) is -34.3. The molecular weight excluding hydrogens is 1140 g/mol. The molecular formula is C56H92O27S. The summed E-state index contributed by atoms with van der Waals surface area (Å²) >= 11 is 0. The molecule has 6 aliphatic heterocycles. The van der Waals surface area contributed by atoms with Gasteiger partial charge in [0.1, 0.15) is 97.7 Å². The van der Waals surface area contributed by atoms with Gasteiger partial charge in [0.15, 0.2) is 31.5 Å². The van der Waals surface area contributed by atoms with E-state index in [9.17, 15) is 74.2 Å². The van der Waals surface area contributed by atoms with Gasteiger partial charge < -0.3 is 113 Å². The molecule has 0 aromatic heterocycles. The smallest absolute Gasteiger partial charge is 0.388 e. The molecule has 0 radical (unpaired) electrons. The van der Waals surface area contributed by atoms with E-state index in [1.54, 1.807) is 0 Å². The number of fused-ring (bicyclic) bond motifs is 5. The maximum absolute atomic E-state index is 12.4. The average Bonchev–Trinajstić information content (AvgIpc) is 1.41. The minimum atomic E-state index is -4.86. The van der Waals surface area contributed by atoms with Crippen molar-refractivity contribution in [3.05, 3.63) is 11.6 Å². The van der Waals surface area contributed by atoms with Crippen LogP contribution in [0.5, 0.6) is 0 Å². The molecule has 0 amide bonds. The topological polar surface area (TPSA) is 411 Å². The monoisotopic (exact) mass is 1230 g/mol. The molecule has 28 heteroatoms. The molecule has 0 aromatic carbocycles. The minimum Gasteiger partial charge on any atom is -0.388 e. The summed E-state index contributed by atoms with van der Waals surface area (Å²) in [6.45, 7) is 15.6. The van der Waals surface area contributed by atoms with Crippen LogP contribution in [0.15, 0.2) is 11.6 Å². The molecule has 0 aromatic rings. The van der Waals surface area contributed by atoms with Gasteiger partial charge in [0.25, 0.3) is 0 Å². The van der Waals surface area contributed by atoms with Crippen LogP contribution in [0.25, 0.3) is 0 Å². The van der Waals surface area contributed by atoms with Crippen LogP contribution >= 0.6 is 0 Å². The highest BCUT2D eigenvalue weighted by molar-refractivity contribution is 7.80. The summed E-state index contributed by atoms with van der Waals surface area (Å²) in [6, 6.07) is 0. The van der Waals surface area contributed by atoms with E-state index in [-0.39, 0.29) is 41.8 Å². The molecule has 0 bridgehead atoms. The van der Waals surface area contributed by atoms with Gasteiger partial charge in [-0.2, -0.15) is 8.42 Å². The van der Waals surface area contributed by atoms with Gasteiger partial charge in [-0.15, -0.1) is 0 Å². The van der Waals surface area contributed by atoms with Crippen LogP contribution < -0.4 is 0 Å². The molecule has 10 aliphatic rings. The molecule has 484 valence electrons. The Morgan fingerprint density at radius 3 is 1.70 bits per heavy atom. The summed E-state index contributed by atoms with van der Waals surface area (Å²) in [5, 5.41) is 135. The SMILES string of the molecule is CC(C)C[C@@H]1O[C@H]1[C@](C)(O)[C@H]1CC[C@H]2[C@@H]3C[C@H](O[C@@H]4O[C@H](C)[C@@H](O)[C@H](O[C@@H]5OC[C@@H](O[C@@H]6O[C@H](C)[C@H](O)[C@H](O)[C@H]6O[C@@H]6O[C@H](C)[C@H](O)[C@H](O)[C@H]6O)[C@H](O)[C@H]5O[C@@H]5O[C@H](C)[C@@H](O)[C@H](O)[C@H]5O)[C@H]4O)[C@H]4C[C@@H](OS(=O)(=O)O)CC[C@]4(C)C3=CC[C@]12C. The molecule has 9 fully saturated rings. The van der Waals surface area contributed by atoms with Gasteiger partial charge in [0.2, 0.25) is 0 Å². The highest BCUT2D eigenvalue weighted by atomic mass is 32.3. The maximum Gasteiger partial charge on any atom is 0.397 e. The molecule has 0 spiro atoms. The lowest BCUT2D eigenvalue weighted by Gasteiger charge is -2.60. The van der Waals surface area contributed by atoms with Crippen molar-refractivity contribution in [3.63, 3.8) is 0 Å². The Hall–Kier alpha value is -1.31. The van der Waals surface area contributed by atoms with E-state index in [1.165, 1.54) is 33.3 Å². The van der Waals surface area contributed by atoms with E-state index in [2.05, 4.69) is 33.8 Å². The zero-order valence-corrected chi connectivity index (χ0v) is 49.7. The molecule has 4 aliphatic carbocycles. The normalized spacial score (nSPS) is 54.2. The van der Waals surface area contributed by atoms with Crippen LogP contribution in [0.2, 0.25) is 0 Å². The standard InChI is InChI=1S/C56H92O27S/c1-20(2)16-31-48(77-31)56(9,68)33-11-10-27-26-18-30(29-17-25(83-84(69,70)71)12-14-54(29,7)28(26)13-15-55(27,33)8)78-51-44(67)45(37(60)24(6)75-51)80-52-46(81-49-42(65)39(62)34(57)21(3)73-49)38(61)32(19-72-52)79-53-47(41(64)36(59)23(5)76-53)82-50-43(66)40(63)35(58)22(4)74-50/h13,20-27,29-53,57-68H,10-12,14-19H2,1-9H3,(H,69,70,71)/t21-,22-,23-,24-,25+,26+,27+,29-,30+,31+,32-,33+,34-,35+,36+,37-,38+,39+,40+,41+,42-,43-,44-,45+,46-,47-,48-,49+,50+,51+,52+,53+,54-,55+,56-/m1/s1. The quantitative estimate of drug-likeness (QED) is 0.0459. The van der Waals surface area contributed by atoms with Crippen molar-refractivity contribution in [2.75, 3.05) is 6.61 Å². The van der Waals surface area contributed by atoms with Crippen molar-refractivity contribution in [1.29, 1.82) is 0 Å². The second-order valence-electron chi connectivity index (χ2n) is 26.9. The highest BCUT2D eigenvalue weighted by Crippen LogP contribution is 2.68. The summed E-state index contributed by atoms with van der Waals surface area (Å²) in [4.78, 5) is 0. The first kappa shape index (κ1) is 65.6. The maximum atomic E-state index is 12.4. The van der Waals surface area contributed by atoms with E-state index in [0.717, 1.165) is 19.3 Å². The Labute approximate surface area is 489 Å². The van der Waals surface area contributed by atoms with E-state index in [1.807, 2.05) is 6.92 Å². The first-order valence-corrected chi connectivity index (χ1v) is 31.4. The Kier molecular flexibility index (Phi) is 19.3. The largest absolute Gasteiger partial charge is 0.397 e. The number of allylic oxidation sites excluding steroid dienone is 2. The molecule has 13 N–H and O–H groups in total. The third-order valence-corrected chi connectivity index (χ3v) is 21.4. The van der Waals surface area contributed by atoms with Crippen molar-refractivity contribution in [1.82, 2.24) is 0 Å². The fourth-order valence-corrected chi connectivity index (χ4v) is 16.6. The van der Waals surface area contributed by atoms with E-state index in [4.69, 9.17) is 56.3 Å². The number of rotatable bonds is 16. The number of hydrogen-bond donors (Lipinski definition) is 13. The summed E-state index contributed by atoms with van der Waals surface area (Å²) < 4.78 is 107. The minimum absolute atomic E-state index is 0.0308. The van der Waals surface area contributed by atoms with Gasteiger partial charge >= 0.3 is 10.4 Å². The van der Waals surface area contributed by atoms with Gasteiger partial charge in [0, 0.05) is 0 Å². The molecule has 6 heterocycles. The number of epoxide rings is 1. The fourth-order valence-electron chi connectivity index (χ4n) is 16.1. The zero-order chi connectivity index (χ0) is 61.2. The van der Waals surface area contributed by atoms with Gasteiger partial charge in [-0.1, -0.05) is 39.3 Å². The van der Waals surface area contributed by atoms with Crippen molar-refractivity contribution in [3.8, 4) is 0 Å². The first-order chi connectivity index (χ1) is 39.2. The summed E-state index contributed by atoms with van der Waals surface area (Å²) in [7, 11) is -4.86. The third-order valence-electron chi connectivity index (χ3n) is 20.9. The molecule has 84 heavy (non-hydrogen) atoms. The second-order valence-corrected chi connectivity index (χ2v) is 28.0. The first-order valence-electron chi connectivity index (χ1n) is 30.0. The average molecular weight is 1230 g/mol. The number of aliphatic hydroxyl groups is 12. The van der Waals surface area contributed by atoms with Crippen LogP contribution in [-0.4, -0.2) is 258 Å². The van der Waals surface area contributed by atoms with Crippen molar-refractivity contribution in [2.24, 2.45) is 40.4 Å². The van der Waals surface area contributed by atoms with Gasteiger partial charge in [-0.05, 0) is 126 Å². The van der Waals surface area contributed by atoms with Crippen molar-refractivity contribution in [2.45, 2.75) is 291 Å². The number of ether oxygens (including phenoxy) is 11. The molecule has 3 saturated carbocycles. The van der Waals surface area contributed by atoms with Crippen LogP contribution in [0.3, 0.4) is 0 Å². The van der Waals surface area contributed by atoms with E-state index < -0.39 is 194 Å². The summed E-state index contributed by atoms with van der Waals surface area (Å²) in [5.74, 6) is -0.174. The second kappa shape index (κ2) is 24.7. The number of hydrogen-bond acceptors (Lipinski definition) is 26. The lowest BCUT2D eigenvalue weighted by molar-refractivity contribution is -0.397. The van der Waals surface area contributed by atoms with Crippen molar-refractivity contribution >= 4 is 10.4 Å². The number of aliphatic hydroxyl groups excluding tert-OH is 11. The predicted octanol–water partition coefficient (Wildman–Crippen LogP) is -1.84. The molecule has 35 atom stereocenters.